The highest BCUT2D eigenvalue weighted by molar-refractivity contribution is 5.43. The van der Waals surface area contributed by atoms with E-state index in [2.05, 4.69) is 55.5 Å². The van der Waals surface area contributed by atoms with Crippen molar-refractivity contribution in [2.24, 2.45) is 5.92 Å². The lowest BCUT2D eigenvalue weighted by Gasteiger charge is -2.18. The van der Waals surface area contributed by atoms with Crippen molar-refractivity contribution in [3.05, 3.63) is 60.1 Å². The van der Waals surface area contributed by atoms with Gasteiger partial charge in [0.1, 0.15) is 0 Å². The van der Waals surface area contributed by atoms with Crippen molar-refractivity contribution in [2.45, 2.75) is 39.4 Å². The molecule has 1 aliphatic heterocycles. The summed E-state index contributed by atoms with van der Waals surface area (Å²) in [4.78, 5) is 0. The molecule has 2 rings (SSSR count). The molecule has 5 nitrogen and oxygen atoms in total. The Hall–Kier alpha value is -2.40. The Morgan fingerprint density at radius 1 is 1.04 bits per heavy atom. The number of rotatable bonds is 7. The van der Waals surface area contributed by atoms with Gasteiger partial charge in [0, 0.05) is 0 Å². The Morgan fingerprint density at radius 3 is 2.07 bits per heavy atom. The number of benzene rings is 1. The number of ether oxygens (including phenoxy) is 5. The molecule has 0 N–H and O–H groups in total. The van der Waals surface area contributed by atoms with Crippen LogP contribution in [0.25, 0.3) is 0 Å². The molecule has 5 heteroatoms. The number of hydrogen-bond acceptors (Lipinski definition) is 5. The molecule has 0 aliphatic carbocycles. The molecular formula is C23H34O5. The van der Waals surface area contributed by atoms with Crippen LogP contribution in [0.2, 0.25) is 0 Å². The molecule has 1 heterocycles. The van der Waals surface area contributed by atoms with Gasteiger partial charge in [-0.15, -0.1) is 0 Å². The van der Waals surface area contributed by atoms with E-state index in [0.29, 0.717) is 17.4 Å². The van der Waals surface area contributed by atoms with Crippen LogP contribution >= 0.6 is 0 Å². The minimum atomic E-state index is 0.120. The number of hydrogen-bond donors (Lipinski definition) is 0. The first-order valence-corrected chi connectivity index (χ1v) is 9.29. The summed E-state index contributed by atoms with van der Waals surface area (Å²) < 4.78 is 26.2. The van der Waals surface area contributed by atoms with E-state index in [1.807, 2.05) is 12.1 Å². The fraction of sp³-hybridized carbons (Fsp3) is 0.478. The van der Waals surface area contributed by atoms with Crippen LogP contribution in [-0.2, 0) is 14.2 Å². The summed E-state index contributed by atoms with van der Waals surface area (Å²) in [5.74, 6) is 2.93. The number of allylic oxidation sites excluding steroid dienone is 1. The lowest BCUT2D eigenvalue weighted by molar-refractivity contribution is 0.0533. The van der Waals surface area contributed by atoms with E-state index in [1.165, 1.54) is 19.8 Å². The summed E-state index contributed by atoms with van der Waals surface area (Å²) in [6, 6.07) is 6.03. The first-order valence-electron chi connectivity index (χ1n) is 9.29. The molecule has 0 radical (unpaired) electrons. The minimum Gasteiger partial charge on any atom is -0.494 e. The molecule has 156 valence electrons. The second-order valence-electron chi connectivity index (χ2n) is 6.66. The summed E-state index contributed by atoms with van der Waals surface area (Å²) in [5.41, 5.74) is 2.46. The zero-order chi connectivity index (χ0) is 21.3. The van der Waals surface area contributed by atoms with Gasteiger partial charge in [-0.1, -0.05) is 32.2 Å². The summed E-state index contributed by atoms with van der Waals surface area (Å²) in [6.07, 6.45) is 3.55. The van der Waals surface area contributed by atoms with Crippen LogP contribution in [0.1, 0.15) is 38.9 Å². The van der Waals surface area contributed by atoms with Crippen molar-refractivity contribution in [3.63, 3.8) is 0 Å². The summed E-state index contributed by atoms with van der Waals surface area (Å²) in [7, 11) is 6.35. The van der Waals surface area contributed by atoms with Gasteiger partial charge in [0.05, 0.1) is 40.6 Å². The van der Waals surface area contributed by atoms with Gasteiger partial charge in [-0.05, 0) is 49.5 Å². The van der Waals surface area contributed by atoms with Gasteiger partial charge in [-0.2, -0.15) is 0 Å². The fourth-order valence-corrected chi connectivity index (χ4v) is 2.97. The SMILES string of the molecule is C/C=C(\C)[C@@H]1C[C@H](C)[C@@H](c2ccc(OC)c(OC)c2)O1.C=C(OC)C(=C)OC. The average Bonchev–Trinajstić information content (AvgIpc) is 3.13. The molecule has 0 aromatic heterocycles. The molecule has 0 bridgehead atoms. The Bertz CT molecular complexity index is 678. The van der Waals surface area contributed by atoms with Crippen molar-refractivity contribution in [1.82, 2.24) is 0 Å². The molecule has 1 aliphatic rings. The average molecular weight is 391 g/mol. The van der Waals surface area contributed by atoms with Crippen molar-refractivity contribution in [1.29, 1.82) is 0 Å². The van der Waals surface area contributed by atoms with Crippen LogP contribution in [0.5, 0.6) is 11.5 Å². The molecule has 0 amide bonds. The molecule has 1 fully saturated rings. The van der Waals surface area contributed by atoms with E-state index < -0.39 is 0 Å². The predicted octanol–water partition coefficient (Wildman–Crippen LogP) is 5.44. The highest BCUT2D eigenvalue weighted by Crippen LogP contribution is 2.42. The maximum atomic E-state index is 6.22. The van der Waals surface area contributed by atoms with E-state index in [9.17, 15) is 0 Å². The standard InChI is InChI=1S/C17H24O3.C6H10O2/c1-6-11(2)15-9-12(3)17(20-15)13-7-8-14(18-4)16(10-13)19-5;1-5(7-3)6(2)8-4/h6-8,10,12,15,17H,9H2,1-5H3;1-2H2,3-4H3/b11-6+;/t12-,15-,17-;/m0./s1. The summed E-state index contributed by atoms with van der Waals surface area (Å²) in [5, 5.41) is 0. The van der Waals surface area contributed by atoms with E-state index in [0.717, 1.165) is 23.5 Å². The third-order valence-corrected chi connectivity index (χ3v) is 4.92. The van der Waals surface area contributed by atoms with Gasteiger partial charge < -0.3 is 23.7 Å². The van der Waals surface area contributed by atoms with Gasteiger partial charge in [0.2, 0.25) is 0 Å². The smallest absolute Gasteiger partial charge is 0.161 e. The van der Waals surface area contributed by atoms with Crippen LogP contribution in [0.3, 0.4) is 0 Å². The van der Waals surface area contributed by atoms with E-state index in [1.54, 1.807) is 14.2 Å². The van der Waals surface area contributed by atoms with Crippen LogP contribution in [0.15, 0.2) is 54.5 Å². The van der Waals surface area contributed by atoms with E-state index >= 15 is 0 Å². The van der Waals surface area contributed by atoms with Crippen molar-refractivity contribution in [3.8, 4) is 11.5 Å². The first kappa shape index (κ1) is 23.6. The fourth-order valence-electron chi connectivity index (χ4n) is 2.97. The normalized spacial score (nSPS) is 21.2. The van der Waals surface area contributed by atoms with Gasteiger partial charge in [0.25, 0.3) is 0 Å². The highest BCUT2D eigenvalue weighted by atomic mass is 16.5. The molecule has 0 unspecified atom stereocenters. The minimum absolute atomic E-state index is 0.120. The second kappa shape index (κ2) is 11.4. The summed E-state index contributed by atoms with van der Waals surface area (Å²) >= 11 is 0. The van der Waals surface area contributed by atoms with Gasteiger partial charge >= 0.3 is 0 Å². The largest absolute Gasteiger partial charge is 0.494 e. The number of methoxy groups -OCH3 is 4. The Kier molecular flexibility index (Phi) is 9.66. The molecule has 3 atom stereocenters. The Labute approximate surface area is 169 Å². The van der Waals surface area contributed by atoms with Crippen LogP contribution in [-0.4, -0.2) is 34.5 Å². The maximum absolute atomic E-state index is 6.22. The zero-order valence-corrected chi connectivity index (χ0v) is 18.2. The third-order valence-electron chi connectivity index (χ3n) is 4.92. The molecular weight excluding hydrogens is 356 g/mol. The molecule has 1 aromatic carbocycles. The lowest BCUT2D eigenvalue weighted by Crippen LogP contribution is -2.08. The first-order chi connectivity index (χ1) is 13.3. The zero-order valence-electron chi connectivity index (χ0n) is 18.2. The van der Waals surface area contributed by atoms with Crippen molar-refractivity contribution in [2.75, 3.05) is 28.4 Å². The molecule has 1 saturated heterocycles. The molecule has 28 heavy (non-hydrogen) atoms. The van der Waals surface area contributed by atoms with Crippen LogP contribution in [0.4, 0.5) is 0 Å². The topological polar surface area (TPSA) is 46.2 Å². The maximum Gasteiger partial charge on any atom is 0.161 e. The Morgan fingerprint density at radius 2 is 1.61 bits per heavy atom. The highest BCUT2D eigenvalue weighted by Gasteiger charge is 2.34. The molecule has 0 saturated carbocycles. The molecule has 0 spiro atoms. The molecule has 1 aromatic rings. The third kappa shape index (κ3) is 6.06. The Balaban J connectivity index is 0.000000416. The van der Waals surface area contributed by atoms with Gasteiger partial charge in [0.15, 0.2) is 23.0 Å². The van der Waals surface area contributed by atoms with E-state index in [-0.39, 0.29) is 12.2 Å². The van der Waals surface area contributed by atoms with Crippen LogP contribution in [0, 0.1) is 5.92 Å². The van der Waals surface area contributed by atoms with Crippen molar-refractivity contribution >= 4 is 0 Å². The second-order valence-corrected chi connectivity index (χ2v) is 6.66. The predicted molar refractivity (Wildman–Crippen MR) is 113 cm³/mol. The lowest BCUT2D eigenvalue weighted by atomic mass is 9.94. The van der Waals surface area contributed by atoms with Crippen LogP contribution < -0.4 is 9.47 Å². The summed E-state index contributed by atoms with van der Waals surface area (Å²) in [6.45, 7) is 13.4. The van der Waals surface area contributed by atoms with E-state index in [4.69, 9.17) is 14.2 Å². The monoisotopic (exact) mass is 390 g/mol. The quantitative estimate of drug-likeness (QED) is 0.352. The van der Waals surface area contributed by atoms with Gasteiger partial charge in [-0.25, -0.2) is 0 Å². The van der Waals surface area contributed by atoms with Gasteiger partial charge in [-0.3, -0.25) is 0 Å². The van der Waals surface area contributed by atoms with Crippen molar-refractivity contribution < 1.29 is 23.7 Å².